The molecule has 12 nitrogen and oxygen atoms in total. The van der Waals surface area contributed by atoms with E-state index in [0.717, 1.165) is 76.4 Å². The van der Waals surface area contributed by atoms with Gasteiger partial charge in [0.2, 0.25) is 23.6 Å². The molecular formula is C38H40ClN7O5. The summed E-state index contributed by atoms with van der Waals surface area (Å²) in [4.78, 5) is 40.2. The Bertz CT molecular complexity index is 2030. The molecule has 3 N–H and O–H groups in total. The van der Waals surface area contributed by atoms with Crippen LogP contribution < -0.4 is 30.2 Å². The molecule has 2 aromatic heterocycles. The Labute approximate surface area is 301 Å². The van der Waals surface area contributed by atoms with E-state index in [0.29, 0.717) is 55.0 Å². The van der Waals surface area contributed by atoms with Gasteiger partial charge in [-0.15, -0.1) is 0 Å². The lowest BCUT2D eigenvalue weighted by Crippen LogP contribution is -2.66. The van der Waals surface area contributed by atoms with Crippen LogP contribution in [0.25, 0.3) is 33.6 Å². The molecule has 4 aromatic rings. The first kappa shape index (κ1) is 33.4. The number of methoxy groups -OCH3 is 2. The topological polar surface area (TPSA) is 140 Å². The van der Waals surface area contributed by atoms with Crippen LogP contribution >= 0.6 is 11.6 Å². The Morgan fingerprint density at radius 3 is 2.45 bits per heavy atom. The fraction of sp³-hybridized carbons (Fsp3) is 0.395. The third-order valence-corrected chi connectivity index (χ3v) is 10.9. The molecule has 0 bridgehead atoms. The minimum Gasteiger partial charge on any atom is -0.491 e. The molecule has 0 aliphatic carbocycles. The van der Waals surface area contributed by atoms with E-state index in [2.05, 4.69) is 33.8 Å². The molecule has 1 spiro atoms. The number of benzene rings is 2. The van der Waals surface area contributed by atoms with Crippen molar-refractivity contribution in [2.75, 3.05) is 40.5 Å². The Morgan fingerprint density at radius 1 is 0.980 bits per heavy atom. The fourth-order valence-corrected chi connectivity index (χ4v) is 8.19. The summed E-state index contributed by atoms with van der Waals surface area (Å²) in [6.07, 6.45) is 4.58. The quantitative estimate of drug-likeness (QED) is 0.214. The molecule has 0 radical (unpaired) electrons. The maximum Gasteiger partial charge on any atom is 0.237 e. The molecule has 4 aliphatic rings. The van der Waals surface area contributed by atoms with Gasteiger partial charge in [0.1, 0.15) is 18.1 Å². The first-order chi connectivity index (χ1) is 24.7. The maximum atomic E-state index is 11.8. The molecule has 2 unspecified atom stereocenters. The lowest BCUT2D eigenvalue weighted by Gasteiger charge is -2.47. The Morgan fingerprint density at radius 2 is 1.73 bits per heavy atom. The highest BCUT2D eigenvalue weighted by molar-refractivity contribution is 6.36. The van der Waals surface area contributed by atoms with Crippen LogP contribution in [0.3, 0.4) is 0 Å². The first-order valence-electron chi connectivity index (χ1n) is 17.3. The second-order valence-electron chi connectivity index (χ2n) is 13.8. The van der Waals surface area contributed by atoms with Gasteiger partial charge in [0.25, 0.3) is 0 Å². The van der Waals surface area contributed by atoms with E-state index in [1.807, 2.05) is 36.4 Å². The summed E-state index contributed by atoms with van der Waals surface area (Å²) >= 11 is 7.17. The zero-order valence-electron chi connectivity index (χ0n) is 28.8. The molecule has 13 heteroatoms. The summed E-state index contributed by atoms with van der Waals surface area (Å²) in [7, 11) is 3.22. The van der Waals surface area contributed by atoms with Crippen molar-refractivity contribution in [1.29, 1.82) is 0 Å². The van der Waals surface area contributed by atoms with E-state index >= 15 is 0 Å². The number of nitrogens with zero attached hydrogens (tertiary/aromatic N) is 4. The van der Waals surface area contributed by atoms with Crippen LogP contribution in [0.4, 0.5) is 0 Å². The van der Waals surface area contributed by atoms with E-state index in [1.54, 1.807) is 20.4 Å². The van der Waals surface area contributed by atoms with Gasteiger partial charge in [0.05, 0.1) is 54.0 Å². The SMILES string of the molecule is COc1nc(-c2cccc(-c3cccc(-c4cc5c(c(OC)n4)C(NCC4CCC(=O)N4)CO5)c3C)c2Cl)cnc1CN1CC2(CCC(=O)N2)C1. The maximum absolute atomic E-state index is 11.8. The summed E-state index contributed by atoms with van der Waals surface area (Å²) in [5.74, 6) is 1.90. The monoisotopic (exact) mass is 709 g/mol. The number of halogens is 1. The van der Waals surface area contributed by atoms with Crippen molar-refractivity contribution in [2.24, 2.45) is 0 Å². The molecule has 3 saturated heterocycles. The molecule has 0 saturated carbocycles. The summed E-state index contributed by atoms with van der Waals surface area (Å²) < 4.78 is 17.6. The lowest BCUT2D eigenvalue weighted by molar-refractivity contribution is -0.121. The van der Waals surface area contributed by atoms with Gasteiger partial charge in [-0.1, -0.05) is 48.0 Å². The number of ether oxygens (including phenoxy) is 3. The van der Waals surface area contributed by atoms with Crippen molar-refractivity contribution in [3.8, 4) is 51.2 Å². The molecule has 2 atom stereocenters. The van der Waals surface area contributed by atoms with Crippen LogP contribution in [0, 0.1) is 6.92 Å². The first-order valence-corrected chi connectivity index (χ1v) is 17.7. The number of rotatable bonds is 10. The summed E-state index contributed by atoms with van der Waals surface area (Å²) in [5.41, 5.74) is 7.35. The Balaban J connectivity index is 1.04. The van der Waals surface area contributed by atoms with Gasteiger partial charge in [-0.25, -0.2) is 9.97 Å². The number of amides is 2. The van der Waals surface area contributed by atoms with E-state index in [4.69, 9.17) is 40.8 Å². The van der Waals surface area contributed by atoms with Gasteiger partial charge < -0.3 is 30.2 Å². The number of hydrogen-bond acceptors (Lipinski definition) is 10. The minimum absolute atomic E-state index is 0.0941. The van der Waals surface area contributed by atoms with E-state index in [1.165, 1.54) is 0 Å². The standard InChI is InChI=1S/C38H40ClN7O5/c1-21-23(6-4-7-24(21)27-14-31-34(37(43-27)50-3)30(18-51-31)40-15-22-10-11-32(47)42-22)25-8-5-9-26(35(25)39)28-16-41-29(36(44-28)49-2)17-46-19-38(20-46)13-12-33(48)45-38/h4-9,14,16,22,30,40H,10-13,15,17-20H2,1-3H3,(H,42,47)(H,45,48). The third kappa shape index (κ3) is 6.25. The second kappa shape index (κ2) is 13.4. The number of hydrogen-bond donors (Lipinski definition) is 3. The summed E-state index contributed by atoms with van der Waals surface area (Å²) in [6, 6.07) is 14.0. The Kier molecular flexibility index (Phi) is 8.77. The predicted octanol–water partition coefficient (Wildman–Crippen LogP) is 4.62. The third-order valence-electron chi connectivity index (χ3n) is 10.5. The largest absolute Gasteiger partial charge is 0.491 e. The number of nitrogens with one attached hydrogen (secondary N) is 3. The fourth-order valence-electron chi connectivity index (χ4n) is 7.86. The van der Waals surface area contributed by atoms with Crippen molar-refractivity contribution in [1.82, 2.24) is 35.8 Å². The van der Waals surface area contributed by atoms with Crippen LogP contribution in [0.2, 0.25) is 5.02 Å². The molecule has 6 heterocycles. The van der Waals surface area contributed by atoms with E-state index in [9.17, 15) is 9.59 Å². The molecule has 2 amide bonds. The molecule has 3 fully saturated rings. The predicted molar refractivity (Wildman–Crippen MR) is 192 cm³/mol. The Hall–Kier alpha value is -4.78. The summed E-state index contributed by atoms with van der Waals surface area (Å²) in [6.45, 7) is 5.32. The number of likely N-dealkylation sites (tertiary alicyclic amines) is 1. The van der Waals surface area contributed by atoms with Crippen molar-refractivity contribution in [2.45, 2.75) is 56.8 Å². The molecule has 264 valence electrons. The van der Waals surface area contributed by atoms with Crippen LogP contribution in [-0.4, -0.2) is 83.7 Å². The molecular weight excluding hydrogens is 670 g/mol. The van der Waals surface area contributed by atoms with Gasteiger partial charge in [-0.2, -0.15) is 0 Å². The van der Waals surface area contributed by atoms with Crippen LogP contribution in [0.5, 0.6) is 17.5 Å². The van der Waals surface area contributed by atoms with Gasteiger partial charge in [0.15, 0.2) is 0 Å². The highest BCUT2D eigenvalue weighted by Crippen LogP contribution is 2.44. The van der Waals surface area contributed by atoms with Gasteiger partial charge in [-0.3, -0.25) is 19.5 Å². The minimum atomic E-state index is -0.102. The van der Waals surface area contributed by atoms with Crippen molar-refractivity contribution in [3.05, 3.63) is 70.5 Å². The number of aromatic nitrogens is 3. The average Bonchev–Trinajstić information content (AvgIpc) is 3.85. The number of carbonyl (C=O) groups excluding carboxylic acids is 2. The highest BCUT2D eigenvalue weighted by Gasteiger charge is 2.47. The number of carbonyl (C=O) groups is 2. The number of fused-ring (bicyclic) bond motifs is 1. The second-order valence-corrected chi connectivity index (χ2v) is 14.2. The van der Waals surface area contributed by atoms with Crippen molar-refractivity contribution < 1.29 is 23.8 Å². The van der Waals surface area contributed by atoms with Crippen LogP contribution in [0.15, 0.2) is 48.7 Å². The van der Waals surface area contributed by atoms with E-state index < -0.39 is 0 Å². The van der Waals surface area contributed by atoms with Crippen molar-refractivity contribution >= 4 is 23.4 Å². The average molecular weight is 710 g/mol. The zero-order chi connectivity index (χ0) is 35.3. The molecule has 51 heavy (non-hydrogen) atoms. The highest BCUT2D eigenvalue weighted by atomic mass is 35.5. The van der Waals surface area contributed by atoms with Gasteiger partial charge in [0, 0.05) is 67.8 Å². The van der Waals surface area contributed by atoms with Crippen molar-refractivity contribution in [3.63, 3.8) is 0 Å². The zero-order valence-corrected chi connectivity index (χ0v) is 29.6. The lowest BCUT2D eigenvalue weighted by atomic mass is 9.88. The van der Waals surface area contributed by atoms with Gasteiger partial charge in [-0.05, 0) is 30.9 Å². The smallest absolute Gasteiger partial charge is 0.237 e. The number of pyridine rings is 1. The normalized spacial score (nSPS) is 20.5. The van der Waals surface area contributed by atoms with Gasteiger partial charge >= 0.3 is 0 Å². The molecule has 4 aliphatic heterocycles. The molecule has 8 rings (SSSR count). The van der Waals surface area contributed by atoms with E-state index in [-0.39, 0.29) is 29.4 Å². The van der Waals surface area contributed by atoms with Crippen LogP contribution in [0.1, 0.15) is 48.5 Å². The molecule has 2 aromatic carbocycles. The summed E-state index contributed by atoms with van der Waals surface area (Å²) in [5, 5.41) is 10.2. The van der Waals surface area contributed by atoms with Crippen LogP contribution in [-0.2, 0) is 16.1 Å².